The van der Waals surface area contributed by atoms with Crippen molar-refractivity contribution in [1.82, 2.24) is 0 Å². The molecule has 0 saturated heterocycles. The summed E-state index contributed by atoms with van der Waals surface area (Å²) < 4.78 is 12.2. The van der Waals surface area contributed by atoms with Crippen molar-refractivity contribution in [2.75, 3.05) is 13.2 Å². The molecule has 2 aromatic rings. The van der Waals surface area contributed by atoms with E-state index in [0.29, 0.717) is 19.0 Å². The Morgan fingerprint density at radius 2 is 1.85 bits per heavy atom. The van der Waals surface area contributed by atoms with E-state index in [-0.39, 0.29) is 6.61 Å². The van der Waals surface area contributed by atoms with Gasteiger partial charge in [0, 0.05) is 10.0 Å². The molecule has 106 valence electrons. The average molecular weight is 337 g/mol. The topological polar surface area (TPSA) is 38.7 Å². The Kier molecular flexibility index (Phi) is 5.44. The Labute approximate surface area is 127 Å². The van der Waals surface area contributed by atoms with Crippen molar-refractivity contribution in [2.45, 2.75) is 13.5 Å². The van der Waals surface area contributed by atoms with E-state index >= 15 is 0 Å². The maximum absolute atomic E-state index is 9.29. The van der Waals surface area contributed by atoms with E-state index in [1.807, 2.05) is 49.4 Å². The van der Waals surface area contributed by atoms with Crippen molar-refractivity contribution in [2.24, 2.45) is 0 Å². The molecule has 20 heavy (non-hydrogen) atoms. The van der Waals surface area contributed by atoms with Gasteiger partial charge in [0.25, 0.3) is 0 Å². The highest BCUT2D eigenvalue weighted by Crippen LogP contribution is 2.20. The van der Waals surface area contributed by atoms with E-state index in [4.69, 9.17) is 9.47 Å². The van der Waals surface area contributed by atoms with Crippen LogP contribution in [0.2, 0.25) is 0 Å². The normalized spacial score (nSPS) is 10.3. The first-order valence-corrected chi connectivity index (χ1v) is 7.20. The molecule has 0 aliphatic carbocycles. The zero-order valence-corrected chi connectivity index (χ0v) is 12.9. The first-order chi connectivity index (χ1) is 9.69. The van der Waals surface area contributed by atoms with E-state index in [9.17, 15) is 5.11 Å². The van der Waals surface area contributed by atoms with Crippen LogP contribution in [0.25, 0.3) is 0 Å². The first-order valence-electron chi connectivity index (χ1n) is 6.40. The summed E-state index contributed by atoms with van der Waals surface area (Å²) in [6.45, 7) is 2.85. The average Bonchev–Trinajstić information content (AvgIpc) is 2.45. The predicted octanol–water partition coefficient (Wildman–Crippen LogP) is 3.71. The smallest absolute Gasteiger partial charge is 0.125 e. The summed E-state index contributed by atoms with van der Waals surface area (Å²) in [5.41, 5.74) is 1.90. The number of aryl methyl sites for hydroxylation is 1. The summed E-state index contributed by atoms with van der Waals surface area (Å²) in [5, 5.41) is 9.29. The number of aliphatic hydroxyl groups excluding tert-OH is 1. The Bertz CT molecular complexity index is 569. The molecular weight excluding hydrogens is 320 g/mol. The Morgan fingerprint density at radius 3 is 2.60 bits per heavy atom. The van der Waals surface area contributed by atoms with Crippen LogP contribution in [0.15, 0.2) is 46.9 Å². The molecule has 2 aromatic carbocycles. The fourth-order valence-corrected chi connectivity index (χ4v) is 2.22. The lowest BCUT2D eigenvalue weighted by atomic mass is 10.1. The quantitative estimate of drug-likeness (QED) is 0.817. The highest BCUT2D eigenvalue weighted by Gasteiger charge is 2.03. The van der Waals surface area contributed by atoms with Crippen molar-refractivity contribution in [3.63, 3.8) is 0 Å². The molecule has 0 radical (unpaired) electrons. The van der Waals surface area contributed by atoms with Gasteiger partial charge in [-0.25, -0.2) is 0 Å². The molecular formula is C16H17BrO3. The van der Waals surface area contributed by atoms with Crippen LogP contribution in [0.5, 0.6) is 11.5 Å². The van der Waals surface area contributed by atoms with E-state index in [1.165, 1.54) is 0 Å². The second-order valence-electron chi connectivity index (χ2n) is 4.42. The van der Waals surface area contributed by atoms with Gasteiger partial charge in [0.05, 0.1) is 6.61 Å². The second-order valence-corrected chi connectivity index (χ2v) is 5.34. The Balaban J connectivity index is 1.84. The zero-order chi connectivity index (χ0) is 14.4. The van der Waals surface area contributed by atoms with Crippen molar-refractivity contribution in [1.29, 1.82) is 0 Å². The van der Waals surface area contributed by atoms with Crippen LogP contribution >= 0.6 is 15.9 Å². The lowest BCUT2D eigenvalue weighted by molar-refractivity contribution is 0.209. The van der Waals surface area contributed by atoms with Crippen molar-refractivity contribution < 1.29 is 14.6 Å². The SMILES string of the molecule is Cc1ccc(OCCOc2cccc(Br)c2)c(CO)c1. The number of hydrogen-bond acceptors (Lipinski definition) is 3. The number of aliphatic hydroxyl groups is 1. The third-order valence-corrected chi connectivity index (χ3v) is 3.29. The van der Waals surface area contributed by atoms with Gasteiger partial charge < -0.3 is 14.6 Å². The second kappa shape index (κ2) is 7.31. The summed E-state index contributed by atoms with van der Waals surface area (Å²) in [7, 11) is 0. The van der Waals surface area contributed by atoms with Crippen molar-refractivity contribution in [3.05, 3.63) is 58.1 Å². The largest absolute Gasteiger partial charge is 0.490 e. The Hall–Kier alpha value is -1.52. The van der Waals surface area contributed by atoms with E-state index < -0.39 is 0 Å². The summed E-state index contributed by atoms with van der Waals surface area (Å²) in [5.74, 6) is 1.50. The fraction of sp³-hybridized carbons (Fsp3) is 0.250. The standard InChI is InChI=1S/C16H17BrO3/c1-12-5-6-16(13(9-12)11-18)20-8-7-19-15-4-2-3-14(17)10-15/h2-6,9-10,18H,7-8,11H2,1H3. The van der Waals surface area contributed by atoms with Gasteiger partial charge in [-0.15, -0.1) is 0 Å². The van der Waals surface area contributed by atoms with Crippen LogP contribution in [-0.2, 0) is 6.61 Å². The molecule has 0 atom stereocenters. The molecule has 0 amide bonds. The van der Waals surface area contributed by atoms with Crippen LogP contribution in [0, 0.1) is 6.92 Å². The summed E-state index contributed by atoms with van der Waals surface area (Å²) >= 11 is 3.39. The lowest BCUT2D eigenvalue weighted by Gasteiger charge is -2.11. The molecule has 0 aliphatic heterocycles. The highest BCUT2D eigenvalue weighted by atomic mass is 79.9. The van der Waals surface area contributed by atoms with Gasteiger partial charge >= 0.3 is 0 Å². The fourth-order valence-electron chi connectivity index (χ4n) is 1.84. The highest BCUT2D eigenvalue weighted by molar-refractivity contribution is 9.10. The molecule has 0 saturated carbocycles. The molecule has 0 aliphatic rings. The van der Waals surface area contributed by atoms with Gasteiger partial charge in [-0.05, 0) is 31.2 Å². The first kappa shape index (κ1) is 14.9. The zero-order valence-electron chi connectivity index (χ0n) is 11.3. The van der Waals surface area contributed by atoms with E-state index in [2.05, 4.69) is 15.9 Å². The third-order valence-electron chi connectivity index (χ3n) is 2.79. The maximum Gasteiger partial charge on any atom is 0.125 e. The molecule has 0 fully saturated rings. The summed E-state index contributed by atoms with van der Waals surface area (Å²) in [4.78, 5) is 0. The third kappa shape index (κ3) is 4.25. The minimum Gasteiger partial charge on any atom is -0.490 e. The molecule has 3 nitrogen and oxygen atoms in total. The summed E-state index contributed by atoms with van der Waals surface area (Å²) in [6, 6.07) is 13.4. The molecule has 0 aromatic heterocycles. The minimum absolute atomic E-state index is 0.0243. The number of ether oxygens (including phenoxy) is 2. The molecule has 0 bridgehead atoms. The number of halogens is 1. The number of hydrogen-bond donors (Lipinski definition) is 1. The molecule has 0 heterocycles. The van der Waals surface area contributed by atoms with Crippen LogP contribution in [0.4, 0.5) is 0 Å². The number of benzene rings is 2. The monoisotopic (exact) mass is 336 g/mol. The molecule has 2 rings (SSSR count). The van der Waals surface area contributed by atoms with Gasteiger partial charge in [-0.2, -0.15) is 0 Å². The number of rotatable bonds is 6. The molecule has 0 spiro atoms. The van der Waals surface area contributed by atoms with Gasteiger partial charge in [0.2, 0.25) is 0 Å². The van der Waals surface area contributed by atoms with Crippen molar-refractivity contribution in [3.8, 4) is 11.5 Å². The van der Waals surface area contributed by atoms with Gasteiger partial charge in [0.1, 0.15) is 24.7 Å². The van der Waals surface area contributed by atoms with Crippen molar-refractivity contribution >= 4 is 15.9 Å². The van der Waals surface area contributed by atoms with Crippen LogP contribution in [0.3, 0.4) is 0 Å². The molecule has 4 heteroatoms. The van der Waals surface area contributed by atoms with E-state index in [1.54, 1.807) is 0 Å². The molecule has 0 unspecified atom stereocenters. The van der Waals surface area contributed by atoms with Crippen LogP contribution in [-0.4, -0.2) is 18.3 Å². The predicted molar refractivity (Wildman–Crippen MR) is 82.2 cm³/mol. The Morgan fingerprint density at radius 1 is 1.05 bits per heavy atom. The lowest BCUT2D eigenvalue weighted by Crippen LogP contribution is -2.10. The minimum atomic E-state index is -0.0243. The van der Waals surface area contributed by atoms with Crippen LogP contribution in [0.1, 0.15) is 11.1 Å². The maximum atomic E-state index is 9.29. The van der Waals surface area contributed by atoms with Gasteiger partial charge in [-0.1, -0.05) is 39.7 Å². The molecule has 1 N–H and O–H groups in total. The van der Waals surface area contributed by atoms with Crippen LogP contribution < -0.4 is 9.47 Å². The van der Waals surface area contributed by atoms with Gasteiger partial charge in [0.15, 0.2) is 0 Å². The summed E-state index contributed by atoms with van der Waals surface area (Å²) in [6.07, 6.45) is 0. The van der Waals surface area contributed by atoms with E-state index in [0.717, 1.165) is 21.3 Å². The van der Waals surface area contributed by atoms with Gasteiger partial charge in [-0.3, -0.25) is 0 Å².